The van der Waals surface area contributed by atoms with Crippen LogP contribution >= 0.6 is 0 Å². The molecule has 80 valence electrons. The van der Waals surface area contributed by atoms with Gasteiger partial charge < -0.3 is 5.32 Å². The first kappa shape index (κ1) is 11.3. The van der Waals surface area contributed by atoms with Crippen LogP contribution in [0.5, 0.6) is 0 Å². The van der Waals surface area contributed by atoms with E-state index in [-0.39, 0.29) is 5.91 Å². The van der Waals surface area contributed by atoms with Gasteiger partial charge in [-0.25, -0.2) is 0 Å². The van der Waals surface area contributed by atoms with Gasteiger partial charge in [0.15, 0.2) is 0 Å². The van der Waals surface area contributed by atoms with Crippen molar-refractivity contribution in [2.45, 2.75) is 57.9 Å². The lowest BCUT2D eigenvalue weighted by molar-refractivity contribution is -0.116. The Morgan fingerprint density at radius 2 is 2.14 bits per heavy atom. The second-order valence-electron chi connectivity index (χ2n) is 4.03. The number of unbranched alkanes of at least 4 members (excludes halogenated alkanes) is 4. The van der Waals surface area contributed by atoms with Gasteiger partial charge in [0.1, 0.15) is 0 Å². The van der Waals surface area contributed by atoms with Crippen molar-refractivity contribution < 1.29 is 4.79 Å². The summed E-state index contributed by atoms with van der Waals surface area (Å²) in [7, 11) is 0. The molecule has 1 aliphatic rings. The second kappa shape index (κ2) is 6.63. The Bertz CT molecular complexity index is 194. The van der Waals surface area contributed by atoms with E-state index in [0.29, 0.717) is 6.04 Å². The van der Waals surface area contributed by atoms with E-state index in [9.17, 15) is 4.79 Å². The van der Waals surface area contributed by atoms with Gasteiger partial charge in [0, 0.05) is 6.04 Å². The smallest absolute Gasteiger partial charge is 0.243 e. The SMILES string of the molecule is CCCCCC/C=C/C(=O)NC1CC1. The molecule has 1 N–H and O–H groups in total. The van der Waals surface area contributed by atoms with E-state index >= 15 is 0 Å². The fourth-order valence-corrected chi connectivity index (χ4v) is 1.36. The molecule has 1 amide bonds. The van der Waals surface area contributed by atoms with E-state index in [1.165, 1.54) is 25.7 Å². The Balaban J connectivity index is 1.92. The quantitative estimate of drug-likeness (QED) is 0.491. The monoisotopic (exact) mass is 195 g/mol. The number of allylic oxidation sites excluding steroid dienone is 1. The van der Waals surface area contributed by atoms with Crippen LogP contribution in [0.25, 0.3) is 0 Å². The lowest BCUT2D eigenvalue weighted by atomic mass is 10.1. The molecule has 0 unspecified atom stereocenters. The van der Waals surface area contributed by atoms with Crippen molar-refractivity contribution in [2.24, 2.45) is 0 Å². The first-order valence-electron chi connectivity index (χ1n) is 5.80. The number of carbonyl (C=O) groups is 1. The minimum absolute atomic E-state index is 0.0861. The molecular formula is C12H21NO. The summed E-state index contributed by atoms with van der Waals surface area (Å²) < 4.78 is 0. The summed E-state index contributed by atoms with van der Waals surface area (Å²) in [6, 6.07) is 0.479. The molecule has 0 aromatic rings. The number of rotatable bonds is 7. The van der Waals surface area contributed by atoms with Crippen molar-refractivity contribution in [1.29, 1.82) is 0 Å². The van der Waals surface area contributed by atoms with Crippen LogP contribution in [-0.4, -0.2) is 11.9 Å². The third-order valence-electron chi connectivity index (χ3n) is 2.42. The zero-order valence-corrected chi connectivity index (χ0v) is 9.09. The number of carbonyl (C=O) groups excluding carboxylic acids is 1. The van der Waals surface area contributed by atoms with Crippen molar-refractivity contribution in [3.8, 4) is 0 Å². The number of amides is 1. The molecule has 2 nitrogen and oxygen atoms in total. The lowest BCUT2D eigenvalue weighted by Gasteiger charge is -1.97. The minimum atomic E-state index is 0.0861. The van der Waals surface area contributed by atoms with Gasteiger partial charge in [0.05, 0.1) is 0 Å². The fourth-order valence-electron chi connectivity index (χ4n) is 1.36. The molecule has 0 aliphatic heterocycles. The molecule has 2 heteroatoms. The molecule has 0 saturated heterocycles. The summed E-state index contributed by atoms with van der Waals surface area (Å²) in [5.74, 6) is 0.0861. The highest BCUT2D eigenvalue weighted by Gasteiger charge is 2.21. The highest BCUT2D eigenvalue weighted by molar-refractivity contribution is 5.87. The van der Waals surface area contributed by atoms with Crippen LogP contribution in [0.3, 0.4) is 0 Å². The van der Waals surface area contributed by atoms with Crippen LogP contribution in [0.2, 0.25) is 0 Å². The third-order valence-corrected chi connectivity index (χ3v) is 2.42. The molecule has 0 bridgehead atoms. The van der Waals surface area contributed by atoms with Crippen LogP contribution in [-0.2, 0) is 4.79 Å². The van der Waals surface area contributed by atoms with Gasteiger partial charge in [-0.1, -0.05) is 32.3 Å². The molecule has 1 saturated carbocycles. The number of hydrogen-bond acceptors (Lipinski definition) is 1. The summed E-state index contributed by atoms with van der Waals surface area (Å²) in [5, 5.41) is 2.93. The molecule has 0 atom stereocenters. The van der Waals surface area contributed by atoms with E-state index in [1.807, 2.05) is 6.08 Å². The summed E-state index contributed by atoms with van der Waals surface area (Å²) in [4.78, 5) is 11.2. The lowest BCUT2D eigenvalue weighted by Crippen LogP contribution is -2.22. The first-order chi connectivity index (χ1) is 6.83. The third kappa shape index (κ3) is 5.79. The maximum atomic E-state index is 11.2. The van der Waals surface area contributed by atoms with Crippen LogP contribution in [0.15, 0.2) is 12.2 Å². The summed E-state index contributed by atoms with van der Waals surface area (Å²) in [5.41, 5.74) is 0. The zero-order valence-electron chi connectivity index (χ0n) is 9.09. The number of nitrogens with one attached hydrogen (secondary N) is 1. The van der Waals surface area contributed by atoms with Crippen molar-refractivity contribution in [3.63, 3.8) is 0 Å². The highest BCUT2D eigenvalue weighted by atomic mass is 16.1. The summed E-state index contributed by atoms with van der Waals surface area (Å²) >= 11 is 0. The van der Waals surface area contributed by atoms with E-state index < -0.39 is 0 Å². The molecule has 0 heterocycles. The zero-order chi connectivity index (χ0) is 10.2. The molecule has 0 aromatic heterocycles. The van der Waals surface area contributed by atoms with Crippen molar-refractivity contribution in [1.82, 2.24) is 5.32 Å². The van der Waals surface area contributed by atoms with Crippen molar-refractivity contribution >= 4 is 5.91 Å². The molecule has 0 radical (unpaired) electrons. The fraction of sp³-hybridized carbons (Fsp3) is 0.750. The predicted octanol–water partition coefficient (Wildman–Crippen LogP) is 2.79. The summed E-state index contributed by atoms with van der Waals surface area (Å²) in [6.07, 6.45) is 12.1. The van der Waals surface area contributed by atoms with Crippen molar-refractivity contribution in [3.05, 3.63) is 12.2 Å². The van der Waals surface area contributed by atoms with Crippen LogP contribution in [0.4, 0.5) is 0 Å². The van der Waals surface area contributed by atoms with E-state index in [2.05, 4.69) is 12.2 Å². The molecule has 0 aromatic carbocycles. The molecule has 1 aliphatic carbocycles. The van der Waals surface area contributed by atoms with Gasteiger partial charge in [-0.15, -0.1) is 0 Å². The molecule has 1 fully saturated rings. The molecule has 0 spiro atoms. The first-order valence-corrected chi connectivity index (χ1v) is 5.80. The average molecular weight is 195 g/mol. The van der Waals surface area contributed by atoms with Crippen molar-refractivity contribution in [2.75, 3.05) is 0 Å². The van der Waals surface area contributed by atoms with Gasteiger partial charge >= 0.3 is 0 Å². The highest BCUT2D eigenvalue weighted by Crippen LogP contribution is 2.18. The van der Waals surface area contributed by atoms with E-state index in [0.717, 1.165) is 19.3 Å². The second-order valence-corrected chi connectivity index (χ2v) is 4.03. The standard InChI is InChI=1S/C12H21NO/c1-2-3-4-5-6-7-8-12(14)13-11-9-10-11/h7-8,11H,2-6,9-10H2,1H3,(H,13,14)/b8-7+. The minimum Gasteiger partial charge on any atom is -0.350 e. The van der Waals surface area contributed by atoms with Crippen LogP contribution in [0.1, 0.15) is 51.9 Å². The molecular weight excluding hydrogens is 174 g/mol. The van der Waals surface area contributed by atoms with Crippen LogP contribution in [0, 0.1) is 0 Å². The van der Waals surface area contributed by atoms with E-state index in [4.69, 9.17) is 0 Å². The number of hydrogen-bond donors (Lipinski definition) is 1. The Morgan fingerprint density at radius 1 is 1.36 bits per heavy atom. The van der Waals surface area contributed by atoms with Gasteiger partial charge in [-0.05, 0) is 31.8 Å². The van der Waals surface area contributed by atoms with Crippen LogP contribution < -0.4 is 5.32 Å². The largest absolute Gasteiger partial charge is 0.350 e. The Hall–Kier alpha value is -0.790. The average Bonchev–Trinajstić information content (AvgIpc) is 2.95. The van der Waals surface area contributed by atoms with Gasteiger partial charge in [0.25, 0.3) is 0 Å². The van der Waals surface area contributed by atoms with E-state index in [1.54, 1.807) is 6.08 Å². The maximum Gasteiger partial charge on any atom is 0.243 e. The Morgan fingerprint density at radius 3 is 2.79 bits per heavy atom. The topological polar surface area (TPSA) is 29.1 Å². The van der Waals surface area contributed by atoms with Gasteiger partial charge in [-0.3, -0.25) is 4.79 Å². The Kier molecular flexibility index (Phi) is 5.35. The Labute approximate surface area is 86.8 Å². The predicted molar refractivity (Wildman–Crippen MR) is 59.1 cm³/mol. The summed E-state index contributed by atoms with van der Waals surface area (Å²) in [6.45, 7) is 2.21. The molecule has 14 heavy (non-hydrogen) atoms. The van der Waals surface area contributed by atoms with Gasteiger partial charge in [0.2, 0.25) is 5.91 Å². The molecule has 1 rings (SSSR count). The maximum absolute atomic E-state index is 11.2. The van der Waals surface area contributed by atoms with Gasteiger partial charge in [-0.2, -0.15) is 0 Å². The normalized spacial score (nSPS) is 16.1.